The highest BCUT2D eigenvalue weighted by molar-refractivity contribution is 7.89. The lowest BCUT2D eigenvalue weighted by atomic mass is 10.0. The summed E-state index contributed by atoms with van der Waals surface area (Å²) < 4.78 is 34.6. The number of aromatic nitrogens is 1. The van der Waals surface area contributed by atoms with Crippen molar-refractivity contribution in [2.45, 2.75) is 44.2 Å². The number of hydrogen-bond donors (Lipinski definition) is 1. The molecular weight excluding hydrogens is 454 g/mol. The Morgan fingerprint density at radius 3 is 2.71 bits per heavy atom. The van der Waals surface area contributed by atoms with Gasteiger partial charge in [-0.05, 0) is 37.3 Å². The number of benzene rings is 1. The van der Waals surface area contributed by atoms with Crippen LogP contribution in [0.3, 0.4) is 0 Å². The van der Waals surface area contributed by atoms with Gasteiger partial charge in [-0.25, -0.2) is 8.42 Å². The normalized spacial score (nSPS) is 20.5. The number of nitrogens with zero attached hydrogens (tertiary/aromatic N) is 3. The molecule has 0 unspecified atom stereocenters. The number of carbonyl (C=O) groups excluding carboxylic acids is 1. The highest BCUT2D eigenvalue weighted by Gasteiger charge is 2.38. The number of amides is 1. The molecule has 3 rings (SSSR count). The SMILES string of the molecule is CCC(=O)N(C)C[C@@H]1Oc2cc(C#Cc3cccnc3)ccc2S(=O)(=O)N([C@H](C)CO)C[C@@H]1C. The molecule has 0 spiro atoms. The number of aliphatic hydroxyl groups is 1. The lowest BCUT2D eigenvalue weighted by Crippen LogP contribution is -2.50. The van der Waals surface area contributed by atoms with Crippen LogP contribution >= 0.6 is 0 Å². The van der Waals surface area contributed by atoms with Crippen LogP contribution in [-0.4, -0.2) is 72.5 Å². The molecule has 9 heteroatoms. The van der Waals surface area contributed by atoms with E-state index in [0.717, 1.165) is 5.56 Å². The van der Waals surface area contributed by atoms with Gasteiger partial charge in [-0.2, -0.15) is 4.31 Å². The molecule has 1 amide bonds. The van der Waals surface area contributed by atoms with E-state index in [4.69, 9.17) is 4.74 Å². The van der Waals surface area contributed by atoms with Crippen molar-refractivity contribution in [2.75, 3.05) is 26.7 Å². The standard InChI is InChI=1S/C25H31N3O5S/c1-5-25(30)27(4)16-23-18(2)15-28(19(3)17-29)34(31,32)24-11-10-20(13-22(24)33-23)8-9-21-7-6-12-26-14-21/h6-7,10-14,18-19,23,29H,5,15-17H2,1-4H3/t18-,19+,23-/m0/s1. The molecule has 2 aromatic rings. The summed E-state index contributed by atoms with van der Waals surface area (Å²) in [7, 11) is -2.22. The fourth-order valence-corrected chi connectivity index (χ4v) is 5.57. The third-order valence-corrected chi connectivity index (χ3v) is 7.88. The summed E-state index contributed by atoms with van der Waals surface area (Å²) in [6.07, 6.45) is 3.22. The quantitative estimate of drug-likeness (QED) is 0.652. The van der Waals surface area contributed by atoms with Gasteiger partial charge in [0.25, 0.3) is 0 Å². The molecule has 0 bridgehead atoms. The number of likely N-dealkylation sites (N-methyl/N-ethyl adjacent to an activating group) is 1. The van der Waals surface area contributed by atoms with E-state index in [1.54, 1.807) is 56.4 Å². The topological polar surface area (TPSA) is 100 Å². The summed E-state index contributed by atoms with van der Waals surface area (Å²) in [6.45, 7) is 5.50. The van der Waals surface area contributed by atoms with E-state index in [9.17, 15) is 18.3 Å². The van der Waals surface area contributed by atoms with Crippen molar-refractivity contribution in [3.8, 4) is 17.6 Å². The molecule has 0 aliphatic carbocycles. The van der Waals surface area contributed by atoms with Gasteiger partial charge in [0.15, 0.2) is 0 Å². The van der Waals surface area contributed by atoms with E-state index in [2.05, 4.69) is 16.8 Å². The minimum atomic E-state index is -3.93. The second-order valence-electron chi connectivity index (χ2n) is 8.52. The Kier molecular flexibility index (Phi) is 8.31. The predicted octanol–water partition coefficient (Wildman–Crippen LogP) is 2.12. The second kappa shape index (κ2) is 11.0. The van der Waals surface area contributed by atoms with Crippen molar-refractivity contribution in [3.05, 3.63) is 53.9 Å². The van der Waals surface area contributed by atoms with Crippen LogP contribution in [0.4, 0.5) is 0 Å². The van der Waals surface area contributed by atoms with E-state index in [1.165, 1.54) is 10.4 Å². The second-order valence-corrected chi connectivity index (χ2v) is 10.4. The van der Waals surface area contributed by atoms with Gasteiger partial charge in [0, 0.05) is 55.5 Å². The first-order valence-corrected chi connectivity index (χ1v) is 12.7. The van der Waals surface area contributed by atoms with Crippen molar-refractivity contribution < 1.29 is 23.1 Å². The van der Waals surface area contributed by atoms with Crippen molar-refractivity contribution in [2.24, 2.45) is 5.92 Å². The molecule has 1 aliphatic heterocycles. The van der Waals surface area contributed by atoms with Crippen LogP contribution in [0.2, 0.25) is 0 Å². The number of fused-ring (bicyclic) bond motifs is 1. The zero-order chi connectivity index (χ0) is 24.9. The Hall–Kier alpha value is -2.93. The Morgan fingerprint density at radius 1 is 1.32 bits per heavy atom. The summed E-state index contributed by atoms with van der Waals surface area (Å²) in [4.78, 5) is 17.9. The third-order valence-electron chi connectivity index (χ3n) is 5.86. The van der Waals surface area contributed by atoms with Crippen LogP contribution in [0.1, 0.15) is 38.3 Å². The highest BCUT2D eigenvalue weighted by Crippen LogP contribution is 2.34. The smallest absolute Gasteiger partial charge is 0.247 e. The Bertz CT molecular complexity index is 1170. The maximum absolute atomic E-state index is 13.5. The summed E-state index contributed by atoms with van der Waals surface area (Å²) in [5, 5.41) is 9.74. The summed E-state index contributed by atoms with van der Waals surface area (Å²) in [6, 6.07) is 7.75. The van der Waals surface area contributed by atoms with Crippen LogP contribution in [0.25, 0.3) is 0 Å². The first-order valence-electron chi connectivity index (χ1n) is 11.3. The molecule has 0 radical (unpaired) electrons. The van der Waals surface area contributed by atoms with Gasteiger partial charge < -0.3 is 14.7 Å². The largest absolute Gasteiger partial charge is 0.487 e. The van der Waals surface area contributed by atoms with E-state index in [1.807, 2.05) is 13.0 Å². The zero-order valence-electron chi connectivity index (χ0n) is 19.9. The number of sulfonamides is 1. The van der Waals surface area contributed by atoms with Gasteiger partial charge in [-0.3, -0.25) is 9.78 Å². The third kappa shape index (κ3) is 5.76. The average molecular weight is 486 g/mol. The molecule has 2 heterocycles. The van der Waals surface area contributed by atoms with Crippen LogP contribution in [-0.2, 0) is 14.8 Å². The average Bonchev–Trinajstić information content (AvgIpc) is 2.84. The molecule has 1 aromatic heterocycles. The van der Waals surface area contributed by atoms with Gasteiger partial charge in [0.2, 0.25) is 15.9 Å². The monoisotopic (exact) mass is 485 g/mol. The molecule has 34 heavy (non-hydrogen) atoms. The molecule has 8 nitrogen and oxygen atoms in total. The fraction of sp³-hybridized carbons (Fsp3) is 0.440. The molecular formula is C25H31N3O5S. The Labute approximate surface area is 201 Å². The number of pyridine rings is 1. The van der Waals surface area contributed by atoms with Crippen molar-refractivity contribution in [3.63, 3.8) is 0 Å². The zero-order valence-corrected chi connectivity index (χ0v) is 20.7. The number of hydrogen-bond acceptors (Lipinski definition) is 6. The van der Waals surface area contributed by atoms with Crippen molar-refractivity contribution in [1.82, 2.24) is 14.2 Å². The number of rotatable bonds is 5. The molecule has 0 saturated heterocycles. The van der Waals surface area contributed by atoms with Gasteiger partial charge >= 0.3 is 0 Å². The number of ether oxygens (including phenoxy) is 1. The molecule has 1 N–H and O–H groups in total. The first-order chi connectivity index (χ1) is 16.2. The summed E-state index contributed by atoms with van der Waals surface area (Å²) in [5.41, 5.74) is 1.32. The van der Waals surface area contributed by atoms with Crippen LogP contribution < -0.4 is 4.74 Å². The van der Waals surface area contributed by atoms with Gasteiger partial charge in [-0.1, -0.05) is 25.7 Å². The number of carbonyl (C=O) groups is 1. The number of aliphatic hydroxyl groups excluding tert-OH is 1. The first kappa shape index (κ1) is 25.7. The maximum atomic E-state index is 13.5. The van der Waals surface area contributed by atoms with Crippen molar-refractivity contribution in [1.29, 1.82) is 0 Å². The molecule has 1 aromatic carbocycles. The molecule has 3 atom stereocenters. The van der Waals surface area contributed by atoms with E-state index >= 15 is 0 Å². The van der Waals surface area contributed by atoms with E-state index in [0.29, 0.717) is 18.5 Å². The summed E-state index contributed by atoms with van der Waals surface area (Å²) >= 11 is 0. The molecule has 0 saturated carbocycles. The van der Waals surface area contributed by atoms with Crippen molar-refractivity contribution >= 4 is 15.9 Å². The lowest BCUT2D eigenvalue weighted by Gasteiger charge is -2.37. The maximum Gasteiger partial charge on any atom is 0.247 e. The molecule has 0 fully saturated rings. The van der Waals surface area contributed by atoms with E-state index < -0.39 is 22.2 Å². The Morgan fingerprint density at radius 2 is 2.06 bits per heavy atom. The molecule has 182 valence electrons. The van der Waals surface area contributed by atoms with Crippen LogP contribution in [0.5, 0.6) is 5.75 Å². The minimum Gasteiger partial charge on any atom is -0.487 e. The molecule has 1 aliphatic rings. The fourth-order valence-electron chi connectivity index (χ4n) is 3.74. The van der Waals surface area contributed by atoms with Gasteiger partial charge in [0.05, 0.1) is 13.2 Å². The summed E-state index contributed by atoms with van der Waals surface area (Å²) in [5.74, 6) is 5.96. The Balaban J connectivity index is 2.06. The highest BCUT2D eigenvalue weighted by atomic mass is 32.2. The lowest BCUT2D eigenvalue weighted by molar-refractivity contribution is -0.131. The van der Waals surface area contributed by atoms with Gasteiger partial charge in [0.1, 0.15) is 16.7 Å². The van der Waals surface area contributed by atoms with Crippen LogP contribution in [0.15, 0.2) is 47.6 Å². The predicted molar refractivity (Wildman–Crippen MR) is 129 cm³/mol. The van der Waals surface area contributed by atoms with E-state index in [-0.39, 0.29) is 35.6 Å². The van der Waals surface area contributed by atoms with Crippen LogP contribution in [0, 0.1) is 17.8 Å². The van der Waals surface area contributed by atoms with Gasteiger partial charge in [-0.15, -0.1) is 0 Å². The minimum absolute atomic E-state index is 0.0149.